The molecule has 5 heterocycles. The summed E-state index contributed by atoms with van der Waals surface area (Å²) in [6, 6.07) is 16.0. The Labute approximate surface area is 229 Å². The molecule has 7 rings (SSSR count). The number of para-hydroxylation sites is 2. The molecule has 5 aromatic rings. The summed E-state index contributed by atoms with van der Waals surface area (Å²) in [7, 11) is 0. The Bertz CT molecular complexity index is 1650. The highest BCUT2D eigenvalue weighted by atomic mass is 32.1. The Morgan fingerprint density at radius 2 is 2.00 bits per heavy atom. The Balaban J connectivity index is 1.24. The molecule has 39 heavy (non-hydrogen) atoms. The van der Waals surface area contributed by atoms with Gasteiger partial charge in [-0.1, -0.05) is 41.7 Å². The number of hydrogen-bond donors (Lipinski definition) is 1. The van der Waals surface area contributed by atoms with Crippen LogP contribution in [0.3, 0.4) is 0 Å². The number of H-pyrrole nitrogens is 1. The Hall–Kier alpha value is -3.67. The van der Waals surface area contributed by atoms with Gasteiger partial charge in [-0.3, -0.25) is 9.69 Å². The second-order valence-corrected chi connectivity index (χ2v) is 11.3. The summed E-state index contributed by atoms with van der Waals surface area (Å²) >= 11 is 1.72. The molecule has 0 bridgehead atoms. The van der Waals surface area contributed by atoms with Crippen LogP contribution in [0, 0.1) is 6.92 Å². The number of hydrogen-bond acceptors (Lipinski definition) is 9. The van der Waals surface area contributed by atoms with Crippen molar-refractivity contribution in [2.45, 2.75) is 38.5 Å². The van der Waals surface area contributed by atoms with Crippen molar-refractivity contribution in [3.63, 3.8) is 0 Å². The lowest BCUT2D eigenvalue weighted by Gasteiger charge is -2.38. The van der Waals surface area contributed by atoms with Gasteiger partial charge in [-0.2, -0.15) is 0 Å². The van der Waals surface area contributed by atoms with Crippen molar-refractivity contribution in [2.24, 2.45) is 0 Å². The third kappa shape index (κ3) is 4.60. The van der Waals surface area contributed by atoms with E-state index in [2.05, 4.69) is 48.5 Å². The first kappa shape index (κ1) is 24.4. The van der Waals surface area contributed by atoms with E-state index in [4.69, 9.17) is 9.72 Å². The number of aryl methyl sites for hydroxylation is 1. The molecular formula is C28H30N8O2S. The lowest BCUT2D eigenvalue weighted by atomic mass is 10.0. The number of nitrogens with zero attached hydrogens (tertiary/aromatic N) is 7. The molecule has 2 saturated heterocycles. The van der Waals surface area contributed by atoms with Gasteiger partial charge in [0.1, 0.15) is 6.04 Å². The van der Waals surface area contributed by atoms with E-state index < -0.39 is 0 Å². The number of nitrogens with one attached hydrogen (secondary N) is 1. The Morgan fingerprint density at radius 1 is 1.13 bits per heavy atom. The van der Waals surface area contributed by atoms with Gasteiger partial charge in [-0.05, 0) is 59.3 Å². The monoisotopic (exact) mass is 542 g/mol. The SMILES string of the molecule is Cc1cccc2cc([C@@H](c3nnnn3C[C@@H]3CCCO3)N3CCN(c4nc5ccccc5s4)CC3)c(=O)[nH]c12. The van der Waals surface area contributed by atoms with E-state index in [0.29, 0.717) is 17.9 Å². The Morgan fingerprint density at radius 3 is 2.82 bits per heavy atom. The summed E-state index contributed by atoms with van der Waals surface area (Å²) in [5.74, 6) is 0.677. The van der Waals surface area contributed by atoms with Gasteiger partial charge in [-0.15, -0.1) is 5.10 Å². The minimum atomic E-state index is -0.382. The van der Waals surface area contributed by atoms with Crippen molar-refractivity contribution >= 4 is 37.6 Å². The summed E-state index contributed by atoms with van der Waals surface area (Å²) in [6.45, 7) is 6.46. The number of pyridine rings is 1. The van der Waals surface area contributed by atoms with E-state index >= 15 is 0 Å². The normalized spacial score (nSPS) is 19.3. The van der Waals surface area contributed by atoms with E-state index in [-0.39, 0.29) is 17.7 Å². The van der Waals surface area contributed by atoms with Crippen molar-refractivity contribution in [3.05, 3.63) is 75.8 Å². The molecule has 0 spiro atoms. The fourth-order valence-corrected chi connectivity index (χ4v) is 6.81. The molecule has 0 radical (unpaired) electrons. The van der Waals surface area contributed by atoms with Crippen molar-refractivity contribution in [1.82, 2.24) is 35.1 Å². The van der Waals surface area contributed by atoms with Crippen LogP contribution in [0.1, 0.15) is 35.8 Å². The van der Waals surface area contributed by atoms with E-state index in [1.165, 1.54) is 4.70 Å². The summed E-state index contributed by atoms with van der Waals surface area (Å²) < 4.78 is 8.91. The van der Waals surface area contributed by atoms with Crippen LogP contribution in [0.5, 0.6) is 0 Å². The molecule has 2 aromatic carbocycles. The largest absolute Gasteiger partial charge is 0.376 e. The van der Waals surface area contributed by atoms with Crippen LogP contribution in [0.25, 0.3) is 21.1 Å². The maximum atomic E-state index is 13.6. The molecule has 2 aliphatic rings. The van der Waals surface area contributed by atoms with Gasteiger partial charge in [-0.25, -0.2) is 9.67 Å². The van der Waals surface area contributed by atoms with Crippen LogP contribution in [-0.4, -0.2) is 74.0 Å². The van der Waals surface area contributed by atoms with Crippen molar-refractivity contribution in [1.29, 1.82) is 0 Å². The second-order valence-electron chi connectivity index (χ2n) is 10.3. The number of thiazole rings is 1. The third-order valence-electron chi connectivity index (χ3n) is 7.85. The summed E-state index contributed by atoms with van der Waals surface area (Å²) in [5.41, 5.74) is 3.49. The molecule has 10 nitrogen and oxygen atoms in total. The van der Waals surface area contributed by atoms with Gasteiger partial charge in [0, 0.05) is 38.3 Å². The van der Waals surface area contributed by atoms with Crippen LogP contribution in [-0.2, 0) is 11.3 Å². The molecule has 2 aliphatic heterocycles. The van der Waals surface area contributed by atoms with Crippen LogP contribution < -0.4 is 10.5 Å². The molecule has 0 saturated carbocycles. The van der Waals surface area contributed by atoms with Crippen LogP contribution >= 0.6 is 11.3 Å². The molecule has 3 aromatic heterocycles. The molecular weight excluding hydrogens is 512 g/mol. The highest BCUT2D eigenvalue weighted by Crippen LogP contribution is 2.32. The fraction of sp³-hybridized carbons (Fsp3) is 0.393. The van der Waals surface area contributed by atoms with Gasteiger partial charge >= 0.3 is 0 Å². The van der Waals surface area contributed by atoms with Crippen LogP contribution in [0.2, 0.25) is 0 Å². The number of ether oxygens (including phenoxy) is 1. The summed E-state index contributed by atoms with van der Waals surface area (Å²) in [4.78, 5) is 26.3. The minimum absolute atomic E-state index is 0.0846. The number of fused-ring (bicyclic) bond motifs is 2. The molecule has 1 N–H and O–H groups in total. The number of aromatic amines is 1. The maximum Gasteiger partial charge on any atom is 0.253 e. The van der Waals surface area contributed by atoms with E-state index in [9.17, 15) is 4.79 Å². The van der Waals surface area contributed by atoms with Gasteiger partial charge in [0.2, 0.25) is 0 Å². The smallest absolute Gasteiger partial charge is 0.253 e. The quantitative estimate of drug-likeness (QED) is 0.348. The summed E-state index contributed by atoms with van der Waals surface area (Å²) in [6.07, 6.45) is 2.12. The number of piperazine rings is 1. The van der Waals surface area contributed by atoms with Gasteiger partial charge < -0.3 is 14.6 Å². The first-order valence-electron chi connectivity index (χ1n) is 13.5. The number of aromatic nitrogens is 6. The number of anilines is 1. The second kappa shape index (κ2) is 10.1. The predicted octanol–water partition coefficient (Wildman–Crippen LogP) is 3.52. The lowest BCUT2D eigenvalue weighted by molar-refractivity contribution is 0.0906. The van der Waals surface area contributed by atoms with E-state index in [1.807, 2.05) is 41.9 Å². The zero-order chi connectivity index (χ0) is 26.3. The van der Waals surface area contributed by atoms with Crippen molar-refractivity contribution in [3.8, 4) is 0 Å². The Kier molecular flexibility index (Phi) is 6.34. The third-order valence-corrected chi connectivity index (χ3v) is 8.95. The fourth-order valence-electron chi connectivity index (χ4n) is 5.79. The van der Waals surface area contributed by atoms with Gasteiger partial charge in [0.25, 0.3) is 5.56 Å². The zero-order valence-corrected chi connectivity index (χ0v) is 22.6. The van der Waals surface area contributed by atoms with Gasteiger partial charge in [0.15, 0.2) is 11.0 Å². The first-order valence-corrected chi connectivity index (χ1v) is 14.3. The topological polar surface area (TPSA) is 105 Å². The number of rotatable bonds is 6. The molecule has 0 unspecified atom stereocenters. The average molecular weight is 543 g/mol. The van der Waals surface area contributed by atoms with Crippen LogP contribution in [0.4, 0.5) is 5.13 Å². The highest BCUT2D eigenvalue weighted by molar-refractivity contribution is 7.22. The number of benzene rings is 2. The maximum absolute atomic E-state index is 13.6. The zero-order valence-electron chi connectivity index (χ0n) is 21.8. The van der Waals surface area contributed by atoms with Crippen LogP contribution in [0.15, 0.2) is 53.3 Å². The van der Waals surface area contributed by atoms with Gasteiger partial charge in [0.05, 0.1) is 28.4 Å². The molecule has 2 atom stereocenters. The minimum Gasteiger partial charge on any atom is -0.376 e. The molecule has 11 heteroatoms. The average Bonchev–Trinajstić information content (AvgIpc) is 3.72. The van der Waals surface area contributed by atoms with Crippen molar-refractivity contribution in [2.75, 3.05) is 37.7 Å². The highest BCUT2D eigenvalue weighted by Gasteiger charge is 2.34. The summed E-state index contributed by atoms with van der Waals surface area (Å²) in [5, 5.41) is 14.9. The predicted molar refractivity (Wildman–Crippen MR) is 151 cm³/mol. The molecule has 2 fully saturated rings. The molecule has 0 aliphatic carbocycles. The first-order chi connectivity index (χ1) is 19.1. The lowest BCUT2D eigenvalue weighted by Crippen LogP contribution is -2.49. The number of tetrazole rings is 1. The van der Waals surface area contributed by atoms with E-state index in [1.54, 1.807) is 11.3 Å². The molecule has 200 valence electrons. The van der Waals surface area contributed by atoms with E-state index in [0.717, 1.165) is 72.7 Å². The standard InChI is InChI=1S/C28H30N8O2S/c1-18-6-4-7-19-16-21(27(37)30-24(18)19)25(26-31-32-33-36(26)17-20-8-5-15-38-20)34-11-13-35(14-12-34)28-29-22-9-2-3-10-23(22)39-28/h2-4,6-7,9-10,16,20,25H,5,8,11-15,17H2,1H3,(H,30,37)/t20-,25-/m0/s1. The molecule has 0 amide bonds. The van der Waals surface area contributed by atoms with Crippen molar-refractivity contribution < 1.29 is 4.74 Å².